The van der Waals surface area contributed by atoms with Crippen molar-refractivity contribution in [2.24, 2.45) is 0 Å². The van der Waals surface area contributed by atoms with E-state index in [1.54, 1.807) is 29.0 Å². The number of aromatic nitrogens is 1. The van der Waals surface area contributed by atoms with Crippen molar-refractivity contribution in [3.63, 3.8) is 0 Å². The zero-order valence-corrected chi connectivity index (χ0v) is 14.6. The SMILES string of the molecule is COC(=O)c1cn(CC(=O)Nc2ccc(Cl)cc2C)c2ccccc12. The van der Waals surface area contributed by atoms with Crippen LogP contribution in [-0.2, 0) is 16.1 Å². The second-order valence-electron chi connectivity index (χ2n) is 5.69. The van der Waals surface area contributed by atoms with Crippen LogP contribution in [0, 0.1) is 6.92 Å². The van der Waals surface area contributed by atoms with Gasteiger partial charge in [0.05, 0.1) is 12.7 Å². The van der Waals surface area contributed by atoms with Gasteiger partial charge in [0.15, 0.2) is 0 Å². The minimum atomic E-state index is -0.427. The number of fused-ring (bicyclic) bond motifs is 1. The summed E-state index contributed by atoms with van der Waals surface area (Å²) in [6.07, 6.45) is 1.64. The topological polar surface area (TPSA) is 60.3 Å². The molecule has 0 radical (unpaired) electrons. The molecule has 0 unspecified atom stereocenters. The number of methoxy groups -OCH3 is 1. The number of rotatable bonds is 4. The maximum Gasteiger partial charge on any atom is 0.340 e. The third-order valence-corrected chi connectivity index (χ3v) is 4.21. The van der Waals surface area contributed by atoms with Gasteiger partial charge in [-0.2, -0.15) is 0 Å². The van der Waals surface area contributed by atoms with E-state index in [0.717, 1.165) is 16.5 Å². The molecule has 0 aliphatic carbocycles. The second-order valence-corrected chi connectivity index (χ2v) is 6.12. The first kappa shape index (κ1) is 17.0. The number of carbonyl (C=O) groups excluding carboxylic acids is 2. The van der Waals surface area contributed by atoms with Gasteiger partial charge in [0, 0.05) is 27.8 Å². The molecule has 128 valence electrons. The maximum absolute atomic E-state index is 12.4. The predicted molar refractivity (Wildman–Crippen MR) is 98.1 cm³/mol. The number of hydrogen-bond donors (Lipinski definition) is 1. The first-order chi connectivity index (χ1) is 12.0. The lowest BCUT2D eigenvalue weighted by atomic mass is 10.2. The minimum Gasteiger partial charge on any atom is -0.465 e. The fourth-order valence-corrected chi connectivity index (χ4v) is 2.99. The molecule has 1 aromatic heterocycles. The number of nitrogens with one attached hydrogen (secondary N) is 1. The van der Waals surface area contributed by atoms with Gasteiger partial charge in [-0.25, -0.2) is 4.79 Å². The number of nitrogens with zero attached hydrogens (tertiary/aromatic N) is 1. The molecule has 3 aromatic rings. The fraction of sp³-hybridized carbons (Fsp3) is 0.158. The third-order valence-electron chi connectivity index (χ3n) is 3.97. The zero-order valence-electron chi connectivity index (χ0n) is 13.9. The van der Waals surface area contributed by atoms with Gasteiger partial charge in [0.2, 0.25) is 5.91 Å². The molecular formula is C19H17ClN2O3. The van der Waals surface area contributed by atoms with Gasteiger partial charge in [-0.3, -0.25) is 4.79 Å². The number of carbonyl (C=O) groups is 2. The van der Waals surface area contributed by atoms with Crippen LogP contribution in [0.4, 0.5) is 5.69 Å². The zero-order chi connectivity index (χ0) is 18.0. The summed E-state index contributed by atoms with van der Waals surface area (Å²) >= 11 is 5.93. The van der Waals surface area contributed by atoms with Crippen LogP contribution in [0.25, 0.3) is 10.9 Å². The van der Waals surface area contributed by atoms with Gasteiger partial charge in [0.25, 0.3) is 0 Å². The van der Waals surface area contributed by atoms with Gasteiger partial charge in [0.1, 0.15) is 6.54 Å². The lowest BCUT2D eigenvalue weighted by Crippen LogP contribution is -2.18. The standard InChI is InChI=1S/C19H17ClN2O3/c1-12-9-13(20)7-8-16(12)21-18(23)11-22-10-15(19(24)25-2)14-5-3-4-6-17(14)22/h3-10H,11H2,1-2H3,(H,21,23). The van der Waals surface area contributed by atoms with E-state index in [-0.39, 0.29) is 12.5 Å². The Kier molecular flexibility index (Phi) is 4.76. The molecule has 2 aromatic carbocycles. The van der Waals surface area contributed by atoms with Crippen LogP contribution in [0.1, 0.15) is 15.9 Å². The molecule has 0 atom stereocenters. The average Bonchev–Trinajstić information content (AvgIpc) is 2.95. The van der Waals surface area contributed by atoms with Crippen molar-refractivity contribution in [2.75, 3.05) is 12.4 Å². The number of benzene rings is 2. The van der Waals surface area contributed by atoms with E-state index in [2.05, 4.69) is 5.32 Å². The van der Waals surface area contributed by atoms with Crippen molar-refractivity contribution in [2.45, 2.75) is 13.5 Å². The van der Waals surface area contributed by atoms with Crippen molar-refractivity contribution in [1.29, 1.82) is 0 Å². The Morgan fingerprint density at radius 1 is 1.20 bits per heavy atom. The van der Waals surface area contributed by atoms with Crippen molar-refractivity contribution in [1.82, 2.24) is 4.57 Å². The van der Waals surface area contributed by atoms with Crippen LogP contribution in [0.15, 0.2) is 48.7 Å². The Labute approximate surface area is 150 Å². The van der Waals surface area contributed by atoms with Gasteiger partial charge in [-0.15, -0.1) is 0 Å². The van der Waals surface area contributed by atoms with Crippen LogP contribution >= 0.6 is 11.6 Å². The van der Waals surface area contributed by atoms with E-state index in [9.17, 15) is 9.59 Å². The van der Waals surface area contributed by atoms with Crippen LogP contribution in [-0.4, -0.2) is 23.6 Å². The second kappa shape index (κ2) is 6.99. The number of halogens is 1. The largest absolute Gasteiger partial charge is 0.465 e. The van der Waals surface area contributed by atoms with Gasteiger partial charge < -0.3 is 14.6 Å². The Balaban J connectivity index is 1.87. The molecule has 3 rings (SSSR count). The number of ether oxygens (including phenoxy) is 1. The molecule has 1 N–H and O–H groups in total. The molecule has 1 amide bonds. The van der Waals surface area contributed by atoms with Crippen molar-refractivity contribution in [3.8, 4) is 0 Å². The number of anilines is 1. The Morgan fingerprint density at radius 2 is 1.96 bits per heavy atom. The molecular weight excluding hydrogens is 340 g/mol. The highest BCUT2D eigenvalue weighted by atomic mass is 35.5. The monoisotopic (exact) mass is 356 g/mol. The lowest BCUT2D eigenvalue weighted by Gasteiger charge is -2.10. The minimum absolute atomic E-state index is 0.0829. The summed E-state index contributed by atoms with van der Waals surface area (Å²) in [6.45, 7) is 1.96. The predicted octanol–water partition coefficient (Wildman–Crippen LogP) is 4.03. The van der Waals surface area contributed by atoms with Gasteiger partial charge in [-0.1, -0.05) is 29.8 Å². The summed E-state index contributed by atoms with van der Waals surface area (Å²) < 4.78 is 6.56. The van der Waals surface area contributed by atoms with Crippen molar-refractivity contribution < 1.29 is 14.3 Å². The summed E-state index contributed by atoms with van der Waals surface area (Å²) in [5.74, 6) is -0.619. The molecule has 0 aliphatic heterocycles. The highest BCUT2D eigenvalue weighted by Crippen LogP contribution is 2.23. The van der Waals surface area contributed by atoms with Crippen LogP contribution in [0.2, 0.25) is 5.02 Å². The van der Waals surface area contributed by atoms with E-state index in [0.29, 0.717) is 16.3 Å². The van der Waals surface area contributed by atoms with Crippen LogP contribution in [0.3, 0.4) is 0 Å². The number of hydrogen-bond acceptors (Lipinski definition) is 3. The molecule has 0 bridgehead atoms. The number of amides is 1. The molecule has 0 aliphatic rings. The first-order valence-electron chi connectivity index (χ1n) is 7.72. The van der Waals surface area contributed by atoms with E-state index in [1.807, 2.05) is 31.2 Å². The molecule has 1 heterocycles. The molecule has 5 nitrogen and oxygen atoms in total. The lowest BCUT2D eigenvalue weighted by molar-refractivity contribution is -0.116. The Morgan fingerprint density at radius 3 is 2.68 bits per heavy atom. The maximum atomic E-state index is 12.4. The number of para-hydroxylation sites is 1. The molecule has 0 fully saturated rings. The summed E-state index contributed by atoms with van der Waals surface area (Å²) in [4.78, 5) is 24.4. The van der Waals surface area contributed by atoms with E-state index in [1.165, 1.54) is 7.11 Å². The van der Waals surface area contributed by atoms with Gasteiger partial charge >= 0.3 is 5.97 Å². The summed E-state index contributed by atoms with van der Waals surface area (Å²) in [5.41, 5.74) is 2.83. The summed E-state index contributed by atoms with van der Waals surface area (Å²) in [7, 11) is 1.34. The molecule has 0 spiro atoms. The normalized spacial score (nSPS) is 10.7. The Hall–Kier alpha value is -2.79. The quantitative estimate of drug-likeness (QED) is 0.718. The smallest absolute Gasteiger partial charge is 0.340 e. The van der Waals surface area contributed by atoms with E-state index in [4.69, 9.17) is 16.3 Å². The molecule has 0 saturated carbocycles. The van der Waals surface area contributed by atoms with E-state index >= 15 is 0 Å². The van der Waals surface area contributed by atoms with Crippen molar-refractivity contribution in [3.05, 3.63) is 64.8 Å². The fourth-order valence-electron chi connectivity index (χ4n) is 2.76. The van der Waals surface area contributed by atoms with Crippen LogP contribution in [0.5, 0.6) is 0 Å². The first-order valence-corrected chi connectivity index (χ1v) is 8.09. The van der Waals surface area contributed by atoms with Crippen LogP contribution < -0.4 is 5.32 Å². The Bertz CT molecular complexity index is 962. The average molecular weight is 357 g/mol. The molecule has 0 saturated heterocycles. The summed E-state index contributed by atoms with van der Waals surface area (Å²) in [5, 5.41) is 4.24. The number of aryl methyl sites for hydroxylation is 1. The molecule has 6 heteroatoms. The summed E-state index contributed by atoms with van der Waals surface area (Å²) in [6, 6.07) is 12.7. The highest BCUT2D eigenvalue weighted by molar-refractivity contribution is 6.30. The molecule has 25 heavy (non-hydrogen) atoms. The van der Waals surface area contributed by atoms with E-state index < -0.39 is 5.97 Å². The number of esters is 1. The van der Waals surface area contributed by atoms with Gasteiger partial charge in [-0.05, 0) is 36.8 Å². The third kappa shape index (κ3) is 3.51. The highest BCUT2D eigenvalue weighted by Gasteiger charge is 2.16. The van der Waals surface area contributed by atoms with Crippen molar-refractivity contribution >= 4 is 40.1 Å².